The number of hydrogen-bond acceptors (Lipinski definition) is 3. The van der Waals surface area contributed by atoms with E-state index < -0.39 is 0 Å². The zero-order chi connectivity index (χ0) is 11.6. The minimum atomic E-state index is -0.246. The van der Waals surface area contributed by atoms with E-state index in [1.165, 1.54) is 0 Å². The predicted molar refractivity (Wildman–Crippen MR) is 60.5 cm³/mol. The Kier molecular flexibility index (Phi) is 3.72. The first kappa shape index (κ1) is 12.1. The molecule has 1 N–H and O–H groups in total. The van der Waals surface area contributed by atoms with Crippen LogP contribution in [-0.2, 0) is 9.53 Å². The second-order valence-corrected chi connectivity index (χ2v) is 4.96. The van der Waals surface area contributed by atoms with E-state index in [9.17, 15) is 9.90 Å². The van der Waals surface area contributed by atoms with Crippen LogP contribution in [0, 0.1) is 0 Å². The largest absolute Gasteiger partial charge is 0.393 e. The smallest absolute Gasteiger partial charge is 0.237 e. The molecule has 16 heavy (non-hydrogen) atoms. The summed E-state index contributed by atoms with van der Waals surface area (Å²) in [6.07, 6.45) is 2.81. The van der Waals surface area contributed by atoms with Gasteiger partial charge in [-0.3, -0.25) is 4.79 Å². The molecule has 0 radical (unpaired) electrons. The summed E-state index contributed by atoms with van der Waals surface area (Å²) in [5.74, 6) is 0.0455. The number of amides is 1. The van der Waals surface area contributed by atoms with E-state index in [-0.39, 0.29) is 23.5 Å². The number of aliphatic hydroxyl groups excluding tert-OH is 1. The molecule has 2 aliphatic rings. The molecule has 2 aliphatic heterocycles. The number of likely N-dealkylation sites (tertiary alicyclic amines) is 1. The van der Waals surface area contributed by atoms with Crippen molar-refractivity contribution in [3.8, 4) is 0 Å². The van der Waals surface area contributed by atoms with Gasteiger partial charge < -0.3 is 14.7 Å². The zero-order valence-electron chi connectivity index (χ0n) is 9.32. The van der Waals surface area contributed by atoms with Gasteiger partial charge in [-0.25, -0.2) is 0 Å². The zero-order valence-corrected chi connectivity index (χ0v) is 10.1. The summed E-state index contributed by atoms with van der Waals surface area (Å²) in [5.41, 5.74) is -0.194. The summed E-state index contributed by atoms with van der Waals surface area (Å²) in [7, 11) is 0. The van der Waals surface area contributed by atoms with Gasteiger partial charge in [0.2, 0.25) is 5.91 Å². The van der Waals surface area contributed by atoms with E-state index in [0.717, 1.165) is 19.3 Å². The third kappa shape index (κ3) is 2.50. The summed E-state index contributed by atoms with van der Waals surface area (Å²) in [5, 5.41) is 9.67. The third-order valence-corrected chi connectivity index (χ3v) is 3.84. The van der Waals surface area contributed by atoms with Gasteiger partial charge in [0.25, 0.3) is 0 Å². The summed E-state index contributed by atoms with van der Waals surface area (Å²) >= 11 is 5.52. The normalized spacial score (nSPS) is 29.4. The Morgan fingerprint density at radius 3 is 2.75 bits per heavy atom. The van der Waals surface area contributed by atoms with Crippen LogP contribution in [0.5, 0.6) is 0 Å². The first-order valence-electron chi connectivity index (χ1n) is 5.81. The van der Waals surface area contributed by atoms with Crippen LogP contribution < -0.4 is 0 Å². The number of halogens is 1. The van der Waals surface area contributed by atoms with Crippen LogP contribution in [0.15, 0.2) is 0 Å². The van der Waals surface area contributed by atoms with E-state index in [1.54, 1.807) is 4.90 Å². The fourth-order valence-electron chi connectivity index (χ4n) is 2.60. The molecule has 1 spiro atoms. The highest BCUT2D eigenvalue weighted by molar-refractivity contribution is 6.27. The van der Waals surface area contributed by atoms with Crippen molar-refractivity contribution in [2.24, 2.45) is 0 Å². The van der Waals surface area contributed by atoms with Gasteiger partial charge in [-0.15, -0.1) is 11.6 Å². The number of aliphatic hydroxyl groups is 1. The first-order chi connectivity index (χ1) is 7.65. The number of nitrogens with zero attached hydrogens (tertiary/aromatic N) is 1. The molecule has 0 bridgehead atoms. The molecule has 2 fully saturated rings. The number of rotatable bonds is 1. The highest BCUT2D eigenvalue weighted by Gasteiger charge is 2.40. The SMILES string of the molecule is O=C(CCl)N1CCC2(CC1)C[C@@H](O)CCO2. The van der Waals surface area contributed by atoms with Crippen molar-refractivity contribution < 1.29 is 14.6 Å². The second-order valence-electron chi connectivity index (χ2n) is 4.69. The Morgan fingerprint density at radius 2 is 2.19 bits per heavy atom. The topological polar surface area (TPSA) is 49.8 Å². The maximum atomic E-state index is 11.4. The number of ether oxygens (including phenoxy) is 1. The van der Waals surface area contributed by atoms with Crippen LogP contribution in [0.25, 0.3) is 0 Å². The van der Waals surface area contributed by atoms with Gasteiger partial charge in [0, 0.05) is 26.1 Å². The van der Waals surface area contributed by atoms with Crippen LogP contribution in [0.1, 0.15) is 25.7 Å². The molecule has 0 saturated carbocycles. The summed E-state index contributed by atoms with van der Waals surface area (Å²) in [6.45, 7) is 2.02. The molecule has 1 atom stereocenters. The lowest BCUT2D eigenvalue weighted by atomic mass is 9.83. The van der Waals surface area contributed by atoms with Crippen LogP contribution >= 0.6 is 11.6 Å². The molecular formula is C11H18ClNO3. The maximum Gasteiger partial charge on any atom is 0.237 e. The Balaban J connectivity index is 1.90. The summed E-state index contributed by atoms with van der Waals surface area (Å²) in [4.78, 5) is 13.2. The van der Waals surface area contributed by atoms with Gasteiger partial charge in [-0.2, -0.15) is 0 Å². The van der Waals surface area contributed by atoms with Crippen molar-refractivity contribution >= 4 is 17.5 Å². The second kappa shape index (κ2) is 4.90. The predicted octanol–water partition coefficient (Wildman–Crippen LogP) is 0.758. The molecular weight excluding hydrogens is 230 g/mol. The van der Waals surface area contributed by atoms with Crippen LogP contribution in [-0.4, -0.2) is 53.2 Å². The van der Waals surface area contributed by atoms with Crippen molar-refractivity contribution in [1.82, 2.24) is 4.90 Å². The van der Waals surface area contributed by atoms with Crippen molar-refractivity contribution in [1.29, 1.82) is 0 Å². The molecule has 0 aliphatic carbocycles. The van der Waals surface area contributed by atoms with Gasteiger partial charge in [0.05, 0.1) is 11.7 Å². The van der Waals surface area contributed by atoms with Crippen LogP contribution in [0.2, 0.25) is 0 Å². The van der Waals surface area contributed by atoms with E-state index >= 15 is 0 Å². The van der Waals surface area contributed by atoms with Gasteiger partial charge in [-0.1, -0.05) is 0 Å². The first-order valence-corrected chi connectivity index (χ1v) is 6.34. The molecule has 92 valence electrons. The highest BCUT2D eigenvalue weighted by Crippen LogP contribution is 2.34. The minimum Gasteiger partial charge on any atom is -0.393 e. The Hall–Kier alpha value is -0.320. The van der Waals surface area contributed by atoms with Crippen molar-refractivity contribution in [2.45, 2.75) is 37.4 Å². The molecule has 2 heterocycles. The van der Waals surface area contributed by atoms with Crippen LogP contribution in [0.4, 0.5) is 0 Å². The Bertz CT molecular complexity index is 264. The third-order valence-electron chi connectivity index (χ3n) is 3.61. The molecule has 0 aromatic rings. The van der Waals surface area contributed by atoms with Crippen LogP contribution in [0.3, 0.4) is 0 Å². The molecule has 1 amide bonds. The Morgan fingerprint density at radius 1 is 1.50 bits per heavy atom. The van der Waals surface area contributed by atoms with E-state index in [2.05, 4.69) is 0 Å². The number of alkyl halides is 1. The molecule has 0 unspecified atom stereocenters. The maximum absolute atomic E-state index is 11.4. The summed E-state index contributed by atoms with van der Waals surface area (Å²) in [6, 6.07) is 0. The quantitative estimate of drug-likeness (QED) is 0.696. The fraction of sp³-hybridized carbons (Fsp3) is 0.909. The fourth-order valence-corrected chi connectivity index (χ4v) is 2.77. The molecule has 2 saturated heterocycles. The molecule has 5 heteroatoms. The van der Waals surface area contributed by atoms with Gasteiger partial charge in [-0.05, 0) is 19.3 Å². The molecule has 0 aromatic heterocycles. The summed E-state index contributed by atoms with van der Waals surface area (Å²) < 4.78 is 5.81. The average molecular weight is 248 g/mol. The lowest BCUT2D eigenvalue weighted by Crippen LogP contribution is -2.51. The highest BCUT2D eigenvalue weighted by atomic mass is 35.5. The molecule has 4 nitrogen and oxygen atoms in total. The van der Waals surface area contributed by atoms with Gasteiger partial charge in [0.15, 0.2) is 0 Å². The van der Waals surface area contributed by atoms with Crippen molar-refractivity contribution in [2.75, 3.05) is 25.6 Å². The number of hydrogen-bond donors (Lipinski definition) is 1. The molecule has 0 aromatic carbocycles. The Labute approximate surface area is 101 Å². The van der Waals surface area contributed by atoms with E-state index in [0.29, 0.717) is 26.1 Å². The lowest BCUT2D eigenvalue weighted by Gasteiger charge is -2.45. The molecule has 2 rings (SSSR count). The monoisotopic (exact) mass is 247 g/mol. The van der Waals surface area contributed by atoms with Crippen molar-refractivity contribution in [3.63, 3.8) is 0 Å². The lowest BCUT2D eigenvalue weighted by molar-refractivity contribution is -0.152. The van der Waals surface area contributed by atoms with E-state index in [1.807, 2.05) is 0 Å². The minimum absolute atomic E-state index is 0.00660. The average Bonchev–Trinajstić information content (AvgIpc) is 2.29. The van der Waals surface area contributed by atoms with E-state index in [4.69, 9.17) is 16.3 Å². The van der Waals surface area contributed by atoms with Crippen molar-refractivity contribution in [3.05, 3.63) is 0 Å². The number of piperidine rings is 1. The number of carbonyl (C=O) groups excluding carboxylic acids is 1. The van der Waals surface area contributed by atoms with Gasteiger partial charge >= 0.3 is 0 Å². The number of carbonyl (C=O) groups is 1. The van der Waals surface area contributed by atoms with Gasteiger partial charge in [0.1, 0.15) is 5.88 Å². The standard InChI is InChI=1S/C11H18ClNO3/c12-8-10(15)13-4-2-11(3-5-13)7-9(14)1-6-16-11/h9,14H,1-8H2/t9-/m0/s1.